The number of unbranched alkanes of at least 4 members (excludes halogenated alkanes) is 2. The second-order valence-electron chi connectivity index (χ2n) is 3.89. The average Bonchev–Trinajstić information content (AvgIpc) is 2.19. The van der Waals surface area contributed by atoms with E-state index in [1.165, 1.54) is 38.5 Å². The van der Waals surface area contributed by atoms with Crippen molar-refractivity contribution in [3.05, 3.63) is 0 Å². The Kier molecular flexibility index (Phi) is 9.37. The number of hydrogen-bond acceptors (Lipinski definition) is 1. The molecule has 0 amide bonds. The van der Waals surface area contributed by atoms with Crippen LogP contribution in [0.3, 0.4) is 0 Å². The van der Waals surface area contributed by atoms with E-state index in [1.807, 2.05) is 0 Å². The lowest BCUT2D eigenvalue weighted by atomic mass is 9.99. The molecule has 1 N–H and O–H groups in total. The first-order chi connectivity index (χ1) is 6.76. The van der Waals surface area contributed by atoms with Gasteiger partial charge in [-0.1, -0.05) is 52.3 Å². The third-order valence-electron chi connectivity index (χ3n) is 2.60. The van der Waals surface area contributed by atoms with E-state index in [1.54, 1.807) is 0 Å². The molecule has 0 aliphatic carbocycles. The van der Waals surface area contributed by atoms with Gasteiger partial charge < -0.3 is 5.32 Å². The smallest absolute Gasteiger partial charge is 0.0784 e. The van der Waals surface area contributed by atoms with Gasteiger partial charge >= 0.3 is 0 Å². The highest BCUT2D eigenvalue weighted by atomic mass is 32.1. The summed E-state index contributed by atoms with van der Waals surface area (Å²) < 4.78 is 0. The molecule has 0 rings (SSSR count). The lowest BCUT2D eigenvalue weighted by Gasteiger charge is -2.17. The predicted molar refractivity (Wildman–Crippen MR) is 68.8 cm³/mol. The number of rotatable bonds is 8. The van der Waals surface area contributed by atoms with Crippen molar-refractivity contribution in [1.29, 1.82) is 0 Å². The molecule has 0 bridgehead atoms. The van der Waals surface area contributed by atoms with Gasteiger partial charge in [-0.25, -0.2) is 0 Å². The largest absolute Gasteiger partial charge is 0.379 e. The molecule has 0 heterocycles. The van der Waals surface area contributed by atoms with Gasteiger partial charge in [0, 0.05) is 12.5 Å². The fourth-order valence-corrected chi connectivity index (χ4v) is 1.89. The van der Waals surface area contributed by atoms with Gasteiger partial charge in [0.2, 0.25) is 0 Å². The van der Waals surface area contributed by atoms with E-state index < -0.39 is 0 Å². The maximum atomic E-state index is 5.39. The molecule has 0 unspecified atom stereocenters. The zero-order chi connectivity index (χ0) is 10.8. The summed E-state index contributed by atoms with van der Waals surface area (Å²) in [5.41, 5.74) is 0. The van der Waals surface area contributed by atoms with Crippen molar-refractivity contribution in [3.63, 3.8) is 0 Å². The van der Waals surface area contributed by atoms with Gasteiger partial charge in [-0.05, 0) is 19.3 Å². The molecule has 0 aromatic rings. The van der Waals surface area contributed by atoms with E-state index in [0.29, 0.717) is 5.92 Å². The molecule has 2 heteroatoms. The quantitative estimate of drug-likeness (QED) is 0.486. The van der Waals surface area contributed by atoms with E-state index in [9.17, 15) is 0 Å². The van der Waals surface area contributed by atoms with Crippen LogP contribution in [0.25, 0.3) is 0 Å². The van der Waals surface area contributed by atoms with Crippen molar-refractivity contribution in [2.24, 2.45) is 5.92 Å². The Morgan fingerprint density at radius 2 is 1.79 bits per heavy atom. The summed E-state index contributed by atoms with van der Waals surface area (Å²) in [6.07, 6.45) is 7.47. The minimum Gasteiger partial charge on any atom is -0.379 e. The van der Waals surface area contributed by atoms with Gasteiger partial charge in [0.25, 0.3) is 0 Å². The van der Waals surface area contributed by atoms with E-state index in [0.717, 1.165) is 11.5 Å². The zero-order valence-corrected chi connectivity index (χ0v) is 10.8. The van der Waals surface area contributed by atoms with Crippen LogP contribution in [0.5, 0.6) is 0 Å². The molecular formula is C12H25NS. The topological polar surface area (TPSA) is 12.0 Å². The predicted octanol–water partition coefficient (Wildman–Crippen LogP) is 3.92. The first-order valence-electron chi connectivity index (χ1n) is 6.03. The summed E-state index contributed by atoms with van der Waals surface area (Å²) in [4.78, 5) is 1.09. The third kappa shape index (κ3) is 6.36. The highest BCUT2D eigenvalue weighted by molar-refractivity contribution is 7.80. The summed E-state index contributed by atoms with van der Waals surface area (Å²) in [7, 11) is 0. The van der Waals surface area contributed by atoms with Crippen LogP contribution in [0.15, 0.2) is 0 Å². The normalized spacial score (nSPS) is 12.5. The maximum absolute atomic E-state index is 5.39. The van der Waals surface area contributed by atoms with Crippen LogP contribution in [0.2, 0.25) is 0 Å². The van der Waals surface area contributed by atoms with Gasteiger partial charge in [-0.2, -0.15) is 0 Å². The van der Waals surface area contributed by atoms with Gasteiger partial charge in [0.1, 0.15) is 0 Å². The molecule has 1 atom stereocenters. The Balaban J connectivity index is 3.67. The van der Waals surface area contributed by atoms with Crippen molar-refractivity contribution in [2.45, 2.75) is 59.3 Å². The monoisotopic (exact) mass is 215 g/mol. The third-order valence-corrected chi connectivity index (χ3v) is 3.08. The summed E-state index contributed by atoms with van der Waals surface area (Å²) >= 11 is 5.39. The van der Waals surface area contributed by atoms with Crippen LogP contribution in [-0.4, -0.2) is 11.5 Å². The van der Waals surface area contributed by atoms with Crippen LogP contribution >= 0.6 is 12.2 Å². The van der Waals surface area contributed by atoms with Crippen LogP contribution in [0.1, 0.15) is 59.3 Å². The van der Waals surface area contributed by atoms with Gasteiger partial charge in [-0.15, -0.1) is 0 Å². The Hall–Kier alpha value is -0.110. The molecule has 0 saturated heterocycles. The highest BCUT2D eigenvalue weighted by Crippen LogP contribution is 2.13. The number of thiocarbonyl (C=S) groups is 1. The van der Waals surface area contributed by atoms with E-state index in [-0.39, 0.29) is 0 Å². The van der Waals surface area contributed by atoms with Crippen LogP contribution in [0, 0.1) is 5.92 Å². The molecule has 0 fully saturated rings. The molecule has 0 aromatic carbocycles. The molecule has 0 aromatic heterocycles. The van der Waals surface area contributed by atoms with E-state index in [2.05, 4.69) is 26.1 Å². The zero-order valence-electron chi connectivity index (χ0n) is 9.94. The standard InChI is InChI=1S/C12H25NS/c1-4-7-9-11(6-3)12(14)13-10-8-5-2/h11H,4-10H2,1-3H3,(H,13,14)/t11-/m0/s1. The molecule has 14 heavy (non-hydrogen) atoms. The molecule has 84 valence electrons. The summed E-state index contributed by atoms with van der Waals surface area (Å²) in [6.45, 7) is 7.73. The van der Waals surface area contributed by atoms with Crippen molar-refractivity contribution >= 4 is 17.2 Å². The van der Waals surface area contributed by atoms with E-state index >= 15 is 0 Å². The Labute approximate surface area is 94.7 Å². The number of hydrogen-bond donors (Lipinski definition) is 1. The van der Waals surface area contributed by atoms with E-state index in [4.69, 9.17) is 12.2 Å². The molecule has 0 aliphatic heterocycles. The minimum absolute atomic E-state index is 0.613. The van der Waals surface area contributed by atoms with Crippen LogP contribution in [0.4, 0.5) is 0 Å². The fraction of sp³-hybridized carbons (Fsp3) is 0.917. The first kappa shape index (κ1) is 13.9. The Bertz CT molecular complexity index is 145. The SMILES string of the molecule is CCCCNC(=S)[C@@H](CC)CCCC. The molecule has 0 spiro atoms. The fourth-order valence-electron chi connectivity index (χ4n) is 1.50. The summed E-state index contributed by atoms with van der Waals surface area (Å²) in [6, 6.07) is 0. The van der Waals surface area contributed by atoms with Crippen LogP contribution < -0.4 is 5.32 Å². The van der Waals surface area contributed by atoms with Gasteiger partial charge in [-0.3, -0.25) is 0 Å². The number of nitrogens with one attached hydrogen (secondary N) is 1. The second kappa shape index (κ2) is 9.45. The van der Waals surface area contributed by atoms with Crippen molar-refractivity contribution in [1.82, 2.24) is 5.32 Å². The minimum atomic E-state index is 0.613. The Morgan fingerprint density at radius 1 is 1.14 bits per heavy atom. The molecule has 1 nitrogen and oxygen atoms in total. The van der Waals surface area contributed by atoms with Crippen molar-refractivity contribution < 1.29 is 0 Å². The van der Waals surface area contributed by atoms with Gasteiger partial charge in [0.05, 0.1) is 4.99 Å². The summed E-state index contributed by atoms with van der Waals surface area (Å²) in [5, 5.41) is 3.37. The van der Waals surface area contributed by atoms with Gasteiger partial charge in [0.15, 0.2) is 0 Å². The molecule has 0 saturated carbocycles. The Morgan fingerprint density at radius 3 is 2.29 bits per heavy atom. The first-order valence-corrected chi connectivity index (χ1v) is 6.44. The lowest BCUT2D eigenvalue weighted by Crippen LogP contribution is -2.29. The molecular weight excluding hydrogens is 190 g/mol. The average molecular weight is 215 g/mol. The molecule has 0 aliphatic rings. The highest BCUT2D eigenvalue weighted by Gasteiger charge is 2.10. The summed E-state index contributed by atoms with van der Waals surface area (Å²) in [5.74, 6) is 0.613. The lowest BCUT2D eigenvalue weighted by molar-refractivity contribution is 0.557. The van der Waals surface area contributed by atoms with Crippen molar-refractivity contribution in [3.8, 4) is 0 Å². The van der Waals surface area contributed by atoms with Crippen LogP contribution in [-0.2, 0) is 0 Å². The van der Waals surface area contributed by atoms with Crippen molar-refractivity contribution in [2.75, 3.05) is 6.54 Å². The second-order valence-corrected chi connectivity index (χ2v) is 4.33. The molecule has 0 radical (unpaired) electrons. The maximum Gasteiger partial charge on any atom is 0.0784 e.